The van der Waals surface area contributed by atoms with Crippen molar-refractivity contribution in [3.8, 4) is 0 Å². The normalized spacial score (nSPS) is 31.1. The zero-order chi connectivity index (χ0) is 16.2. The van der Waals surface area contributed by atoms with E-state index in [1.807, 2.05) is 0 Å². The van der Waals surface area contributed by atoms with Crippen LogP contribution in [0.2, 0.25) is 0 Å². The van der Waals surface area contributed by atoms with Gasteiger partial charge in [0, 0.05) is 25.7 Å². The summed E-state index contributed by atoms with van der Waals surface area (Å²) in [4.78, 5) is 36.4. The van der Waals surface area contributed by atoms with E-state index in [-0.39, 0.29) is 6.54 Å². The Bertz CT molecular complexity index is 502. The molecule has 10 nitrogen and oxygen atoms in total. The summed E-state index contributed by atoms with van der Waals surface area (Å²) in [5.74, 6) is -4.85. The third kappa shape index (κ3) is 3.69. The van der Waals surface area contributed by atoms with Crippen molar-refractivity contribution in [2.45, 2.75) is 44.9 Å². The molecule has 10 heteroatoms. The minimum atomic E-state index is -2.47. The van der Waals surface area contributed by atoms with Crippen molar-refractivity contribution in [1.29, 1.82) is 0 Å². The van der Waals surface area contributed by atoms with Crippen LogP contribution in [0, 0.1) is 0 Å². The molecule has 0 aromatic rings. The number of ketones is 1. The van der Waals surface area contributed by atoms with E-state index in [1.165, 1.54) is 0 Å². The maximum absolute atomic E-state index is 11.6. The van der Waals surface area contributed by atoms with Crippen molar-refractivity contribution in [3.63, 3.8) is 0 Å². The highest BCUT2D eigenvalue weighted by Crippen LogP contribution is 2.35. The largest absolute Gasteiger partial charge is 0.456 e. The van der Waals surface area contributed by atoms with Gasteiger partial charge in [-0.1, -0.05) is 5.11 Å². The van der Waals surface area contributed by atoms with E-state index in [4.69, 9.17) is 19.7 Å². The fourth-order valence-electron chi connectivity index (χ4n) is 1.98. The monoisotopic (exact) mass is 301 g/mol. The highest BCUT2D eigenvalue weighted by Gasteiger charge is 2.61. The van der Waals surface area contributed by atoms with Gasteiger partial charge in [-0.05, 0) is 5.53 Å². The second-order valence-corrected chi connectivity index (χ2v) is 4.43. The van der Waals surface area contributed by atoms with E-state index < -0.39 is 41.8 Å². The van der Waals surface area contributed by atoms with Crippen molar-refractivity contribution >= 4 is 17.7 Å². The predicted octanol–water partition coefficient (Wildman–Crippen LogP) is -0.163. The highest BCUT2D eigenvalue weighted by molar-refractivity contribution is 5.85. The smallest absolute Gasteiger partial charge is 0.303 e. The standard InChI is InChI=1S/C11H15N3O7/c1-5(15)11(18)10(20-7(3)17)9(19-6(2)16)8(21-11)4-13-14-12/h8-10,18H,4H2,1-3H3/t8-,9-,10-,11?/m1/s1. The van der Waals surface area contributed by atoms with Crippen LogP contribution in [0.5, 0.6) is 0 Å². The van der Waals surface area contributed by atoms with Crippen molar-refractivity contribution in [2.75, 3.05) is 6.54 Å². The van der Waals surface area contributed by atoms with Gasteiger partial charge in [-0.15, -0.1) is 0 Å². The third-order valence-corrected chi connectivity index (χ3v) is 2.81. The van der Waals surface area contributed by atoms with Crippen molar-refractivity contribution in [2.24, 2.45) is 5.11 Å². The summed E-state index contributed by atoms with van der Waals surface area (Å²) < 4.78 is 14.9. The quantitative estimate of drug-likeness (QED) is 0.321. The molecular formula is C11H15N3O7. The number of hydrogen-bond donors (Lipinski definition) is 1. The lowest BCUT2D eigenvalue weighted by atomic mass is 10.0. The molecule has 0 aliphatic carbocycles. The first-order chi connectivity index (χ1) is 9.72. The predicted molar refractivity (Wildman–Crippen MR) is 65.6 cm³/mol. The van der Waals surface area contributed by atoms with Gasteiger partial charge >= 0.3 is 11.9 Å². The molecule has 0 amide bonds. The summed E-state index contributed by atoms with van der Waals surface area (Å²) in [5.41, 5.74) is 8.33. The Hall–Kier alpha value is -2.16. The first-order valence-electron chi connectivity index (χ1n) is 5.99. The molecule has 1 N–H and O–H groups in total. The number of ether oxygens (including phenoxy) is 3. The summed E-state index contributed by atoms with van der Waals surface area (Å²) in [5, 5.41) is 13.5. The Morgan fingerprint density at radius 2 is 1.86 bits per heavy atom. The van der Waals surface area contributed by atoms with Gasteiger partial charge in [-0.3, -0.25) is 14.4 Å². The molecule has 1 unspecified atom stereocenters. The molecule has 1 saturated heterocycles. The fourth-order valence-corrected chi connectivity index (χ4v) is 1.98. The lowest BCUT2D eigenvalue weighted by Gasteiger charge is -2.26. The lowest BCUT2D eigenvalue weighted by molar-refractivity contribution is -0.226. The molecule has 0 aromatic heterocycles. The van der Waals surface area contributed by atoms with E-state index in [2.05, 4.69) is 10.0 Å². The first kappa shape index (κ1) is 16.9. The van der Waals surface area contributed by atoms with Gasteiger partial charge in [0.1, 0.15) is 6.10 Å². The van der Waals surface area contributed by atoms with Crippen LogP contribution in [0.15, 0.2) is 5.11 Å². The molecule has 4 atom stereocenters. The van der Waals surface area contributed by atoms with E-state index in [0.29, 0.717) is 0 Å². The molecule has 1 heterocycles. The van der Waals surface area contributed by atoms with Crippen LogP contribution in [0.3, 0.4) is 0 Å². The molecule has 1 rings (SSSR count). The number of aliphatic hydroxyl groups is 1. The van der Waals surface area contributed by atoms with E-state index in [1.54, 1.807) is 0 Å². The van der Waals surface area contributed by atoms with Crippen molar-refractivity contribution < 1.29 is 33.7 Å². The third-order valence-electron chi connectivity index (χ3n) is 2.81. The summed E-state index contributed by atoms with van der Waals surface area (Å²) in [6.07, 6.45) is -3.94. The number of Topliss-reactive ketones (excluding diaryl/α,β-unsaturated/α-hetero) is 1. The van der Waals surface area contributed by atoms with E-state index in [0.717, 1.165) is 20.8 Å². The number of azide groups is 1. The number of carbonyl (C=O) groups is 3. The van der Waals surface area contributed by atoms with Crippen LogP contribution in [0.25, 0.3) is 10.4 Å². The summed E-state index contributed by atoms with van der Waals surface area (Å²) >= 11 is 0. The topological polar surface area (TPSA) is 148 Å². The molecule has 1 aliphatic heterocycles. The number of nitrogens with zero attached hydrogens (tertiary/aromatic N) is 3. The van der Waals surface area contributed by atoms with Gasteiger partial charge < -0.3 is 19.3 Å². The van der Waals surface area contributed by atoms with Gasteiger partial charge in [-0.25, -0.2) is 0 Å². The Kier molecular flexibility index (Phi) is 5.25. The SMILES string of the molecule is CC(=O)O[C@H]1[C@@H](OC(C)=O)C(O)(C(C)=O)O[C@@H]1CN=[N+]=[N-]. The zero-order valence-electron chi connectivity index (χ0n) is 11.7. The van der Waals surface area contributed by atoms with Crippen LogP contribution in [0.4, 0.5) is 0 Å². The fraction of sp³-hybridized carbons (Fsp3) is 0.727. The summed E-state index contributed by atoms with van der Waals surface area (Å²) in [7, 11) is 0. The van der Waals surface area contributed by atoms with Gasteiger partial charge in [0.15, 0.2) is 11.9 Å². The molecule has 1 fully saturated rings. The van der Waals surface area contributed by atoms with Crippen molar-refractivity contribution in [1.82, 2.24) is 0 Å². The lowest BCUT2D eigenvalue weighted by Crippen LogP contribution is -2.51. The van der Waals surface area contributed by atoms with E-state index >= 15 is 0 Å². The average Bonchev–Trinajstić information content (AvgIpc) is 2.61. The summed E-state index contributed by atoms with van der Waals surface area (Å²) in [6.45, 7) is 2.87. The Labute approximate surface area is 119 Å². The van der Waals surface area contributed by atoms with Crippen LogP contribution in [-0.4, -0.2) is 53.5 Å². The molecule has 21 heavy (non-hydrogen) atoms. The van der Waals surface area contributed by atoms with Gasteiger partial charge in [0.25, 0.3) is 5.79 Å². The number of hydrogen-bond acceptors (Lipinski definition) is 8. The van der Waals surface area contributed by atoms with E-state index in [9.17, 15) is 19.5 Å². The maximum atomic E-state index is 11.6. The first-order valence-corrected chi connectivity index (χ1v) is 5.99. The maximum Gasteiger partial charge on any atom is 0.303 e. The summed E-state index contributed by atoms with van der Waals surface area (Å²) in [6, 6.07) is 0. The van der Waals surface area contributed by atoms with Crippen LogP contribution in [0.1, 0.15) is 20.8 Å². The second-order valence-electron chi connectivity index (χ2n) is 4.43. The van der Waals surface area contributed by atoms with Gasteiger partial charge in [0.2, 0.25) is 6.10 Å². The molecule has 0 spiro atoms. The molecule has 0 bridgehead atoms. The number of carbonyl (C=O) groups excluding carboxylic acids is 3. The second kappa shape index (κ2) is 6.53. The zero-order valence-corrected chi connectivity index (χ0v) is 11.7. The highest BCUT2D eigenvalue weighted by atomic mass is 16.7. The Morgan fingerprint density at radius 3 is 2.29 bits per heavy atom. The van der Waals surface area contributed by atoms with Gasteiger partial charge in [0.05, 0.1) is 6.54 Å². The number of esters is 2. The molecule has 0 saturated carbocycles. The minimum absolute atomic E-state index is 0.318. The van der Waals surface area contributed by atoms with Gasteiger partial charge in [-0.2, -0.15) is 0 Å². The van der Waals surface area contributed by atoms with Crippen LogP contribution >= 0.6 is 0 Å². The van der Waals surface area contributed by atoms with Crippen LogP contribution in [-0.2, 0) is 28.6 Å². The molecular weight excluding hydrogens is 286 g/mol. The van der Waals surface area contributed by atoms with Crippen LogP contribution < -0.4 is 0 Å². The number of rotatable bonds is 5. The Balaban J connectivity index is 3.17. The molecule has 116 valence electrons. The molecule has 1 aliphatic rings. The molecule has 0 radical (unpaired) electrons. The Morgan fingerprint density at radius 1 is 1.29 bits per heavy atom. The minimum Gasteiger partial charge on any atom is -0.456 e. The average molecular weight is 301 g/mol. The van der Waals surface area contributed by atoms with Crippen molar-refractivity contribution in [3.05, 3.63) is 10.4 Å². The molecule has 0 aromatic carbocycles.